The Bertz CT molecular complexity index is 854. The molecule has 0 spiro atoms. The first-order chi connectivity index (χ1) is 13.8. The van der Waals surface area contributed by atoms with Gasteiger partial charge in [-0.2, -0.15) is 0 Å². The molecule has 2 aliphatic rings. The van der Waals surface area contributed by atoms with E-state index in [0.717, 1.165) is 53.7 Å². The van der Waals surface area contributed by atoms with Crippen LogP contribution in [0.2, 0.25) is 0 Å². The van der Waals surface area contributed by atoms with Crippen LogP contribution in [0, 0.1) is 11.8 Å². The summed E-state index contributed by atoms with van der Waals surface area (Å²) in [6.45, 7) is 6.15. The van der Waals surface area contributed by atoms with Gasteiger partial charge < -0.3 is 15.2 Å². The van der Waals surface area contributed by atoms with Crippen LogP contribution in [-0.2, 0) is 27.2 Å². The van der Waals surface area contributed by atoms with Crippen LogP contribution < -0.4 is 5.32 Å². The van der Waals surface area contributed by atoms with Crippen molar-refractivity contribution in [3.8, 4) is 0 Å². The maximum Gasteiger partial charge on any atom is 0.341 e. The Kier molecular flexibility index (Phi) is 6.77. The van der Waals surface area contributed by atoms with Crippen LogP contribution in [0.1, 0.15) is 73.7 Å². The van der Waals surface area contributed by atoms with Crippen LogP contribution in [0.25, 0.3) is 0 Å². The maximum absolute atomic E-state index is 13.1. The van der Waals surface area contributed by atoms with Gasteiger partial charge in [-0.15, -0.1) is 11.3 Å². The van der Waals surface area contributed by atoms with Crippen molar-refractivity contribution < 1.29 is 24.2 Å². The predicted molar refractivity (Wildman–Crippen MR) is 112 cm³/mol. The minimum atomic E-state index is -0.954. The number of aliphatic carboxylic acids is 1. The molecule has 0 saturated heterocycles. The first-order valence-corrected chi connectivity index (χ1v) is 11.2. The summed E-state index contributed by atoms with van der Waals surface area (Å²) in [6, 6.07) is 0. The van der Waals surface area contributed by atoms with Gasteiger partial charge in [-0.1, -0.05) is 18.1 Å². The van der Waals surface area contributed by atoms with E-state index < -0.39 is 23.8 Å². The highest BCUT2D eigenvalue weighted by molar-refractivity contribution is 7.17. The number of anilines is 1. The summed E-state index contributed by atoms with van der Waals surface area (Å²) >= 11 is 1.43. The summed E-state index contributed by atoms with van der Waals surface area (Å²) < 4.78 is 5.37. The van der Waals surface area contributed by atoms with Crippen molar-refractivity contribution in [2.45, 2.75) is 65.7 Å². The number of rotatable bonds is 6. The molecule has 0 radical (unpaired) electrons. The number of esters is 1. The van der Waals surface area contributed by atoms with Gasteiger partial charge in [0.15, 0.2) is 0 Å². The van der Waals surface area contributed by atoms with E-state index in [-0.39, 0.29) is 5.91 Å². The second-order valence-corrected chi connectivity index (χ2v) is 9.17. The number of thiophene rings is 1. The largest absolute Gasteiger partial charge is 0.481 e. The Balaban J connectivity index is 1.89. The number of allylic oxidation sites excluding steroid dienone is 2. The van der Waals surface area contributed by atoms with Gasteiger partial charge in [0, 0.05) is 4.88 Å². The Morgan fingerprint density at radius 3 is 2.41 bits per heavy atom. The monoisotopic (exact) mass is 419 g/mol. The Hall–Kier alpha value is -2.15. The lowest BCUT2D eigenvalue weighted by Crippen LogP contribution is -2.36. The van der Waals surface area contributed by atoms with Crippen LogP contribution >= 0.6 is 11.3 Å². The molecule has 3 rings (SSSR count). The zero-order chi connectivity index (χ0) is 21.1. The fraction of sp³-hybridized carbons (Fsp3) is 0.591. The fourth-order valence-corrected chi connectivity index (χ4v) is 5.45. The van der Waals surface area contributed by atoms with Crippen molar-refractivity contribution in [2.75, 3.05) is 11.9 Å². The number of carbonyl (C=O) groups is 3. The number of hydrogen-bond donors (Lipinski definition) is 2. The second-order valence-electron chi connectivity index (χ2n) is 8.06. The number of hydrogen-bond acceptors (Lipinski definition) is 5. The quantitative estimate of drug-likeness (QED) is 0.520. The molecule has 0 aliphatic heterocycles. The van der Waals surface area contributed by atoms with E-state index in [9.17, 15) is 19.5 Å². The van der Waals surface area contributed by atoms with Gasteiger partial charge in [-0.05, 0) is 64.4 Å². The van der Waals surface area contributed by atoms with E-state index in [2.05, 4.69) is 5.32 Å². The minimum Gasteiger partial charge on any atom is -0.481 e. The summed E-state index contributed by atoms with van der Waals surface area (Å²) in [5.41, 5.74) is 3.56. The molecule has 0 aromatic carbocycles. The second kappa shape index (κ2) is 9.11. The smallest absolute Gasteiger partial charge is 0.341 e. The topological polar surface area (TPSA) is 92.7 Å². The lowest BCUT2D eigenvalue weighted by molar-refractivity contribution is -0.146. The van der Waals surface area contributed by atoms with Gasteiger partial charge >= 0.3 is 11.9 Å². The zero-order valence-electron chi connectivity index (χ0n) is 17.3. The highest BCUT2D eigenvalue weighted by atomic mass is 32.1. The van der Waals surface area contributed by atoms with E-state index in [1.54, 1.807) is 0 Å². The van der Waals surface area contributed by atoms with Crippen LogP contribution in [0.4, 0.5) is 5.00 Å². The van der Waals surface area contributed by atoms with Gasteiger partial charge in [0.25, 0.3) is 0 Å². The molecule has 29 heavy (non-hydrogen) atoms. The molecule has 0 saturated carbocycles. The molecule has 1 aromatic heterocycles. The number of aryl methyl sites for hydroxylation is 1. The summed E-state index contributed by atoms with van der Waals surface area (Å²) in [4.78, 5) is 38.7. The lowest BCUT2D eigenvalue weighted by atomic mass is 9.76. The van der Waals surface area contributed by atoms with E-state index in [4.69, 9.17) is 4.74 Å². The summed E-state index contributed by atoms with van der Waals surface area (Å²) in [5, 5.41) is 13.0. The molecule has 6 nitrogen and oxygen atoms in total. The van der Waals surface area contributed by atoms with Gasteiger partial charge in [-0.3, -0.25) is 9.59 Å². The SMILES string of the molecule is CCCOC(=O)c1c(NC(=O)[C@@H]2CC(C)=C(C)C[C@@H]2C(=O)O)sc2c1CCCC2. The number of nitrogens with one attached hydrogen (secondary N) is 1. The molecule has 2 atom stereocenters. The maximum atomic E-state index is 13.1. The van der Waals surface area contributed by atoms with Crippen molar-refractivity contribution in [3.05, 3.63) is 27.2 Å². The molecular formula is C22H29NO5S. The molecule has 0 unspecified atom stereocenters. The van der Waals surface area contributed by atoms with Crippen LogP contribution in [0.5, 0.6) is 0 Å². The number of amides is 1. The third kappa shape index (κ3) is 4.55. The molecule has 7 heteroatoms. The van der Waals surface area contributed by atoms with Crippen molar-refractivity contribution >= 4 is 34.2 Å². The van der Waals surface area contributed by atoms with E-state index in [1.165, 1.54) is 11.3 Å². The first-order valence-electron chi connectivity index (χ1n) is 10.3. The molecule has 1 heterocycles. The van der Waals surface area contributed by atoms with Gasteiger partial charge in [-0.25, -0.2) is 4.79 Å². The normalized spacial score (nSPS) is 21.5. The average Bonchev–Trinajstić information content (AvgIpc) is 3.05. The van der Waals surface area contributed by atoms with E-state index in [1.807, 2.05) is 20.8 Å². The number of ether oxygens (including phenoxy) is 1. The highest BCUT2D eigenvalue weighted by Gasteiger charge is 2.38. The van der Waals surface area contributed by atoms with Crippen LogP contribution in [-0.4, -0.2) is 29.6 Å². The summed E-state index contributed by atoms with van der Waals surface area (Å²) in [7, 11) is 0. The molecule has 1 aromatic rings. The van der Waals surface area contributed by atoms with Crippen molar-refractivity contribution in [2.24, 2.45) is 11.8 Å². The zero-order valence-corrected chi connectivity index (χ0v) is 18.1. The highest BCUT2D eigenvalue weighted by Crippen LogP contribution is 2.40. The van der Waals surface area contributed by atoms with Crippen LogP contribution in [0.15, 0.2) is 11.1 Å². The van der Waals surface area contributed by atoms with Gasteiger partial charge in [0.1, 0.15) is 5.00 Å². The number of carboxylic acids is 1. The average molecular weight is 420 g/mol. The van der Waals surface area contributed by atoms with Gasteiger partial charge in [0.2, 0.25) is 5.91 Å². The lowest BCUT2D eigenvalue weighted by Gasteiger charge is -2.29. The van der Waals surface area contributed by atoms with Crippen molar-refractivity contribution in [1.82, 2.24) is 0 Å². The fourth-order valence-electron chi connectivity index (χ4n) is 4.17. The molecule has 2 aliphatic carbocycles. The summed E-state index contributed by atoms with van der Waals surface area (Å²) in [6.07, 6.45) is 5.32. The number of carboxylic acid groups (broad SMARTS) is 1. The molecule has 158 valence electrons. The molecule has 1 amide bonds. The number of carbonyl (C=O) groups excluding carboxylic acids is 2. The number of fused-ring (bicyclic) bond motifs is 1. The Labute approximate surface area is 175 Å². The van der Waals surface area contributed by atoms with Crippen molar-refractivity contribution in [3.63, 3.8) is 0 Å². The predicted octanol–water partition coefficient (Wildman–Crippen LogP) is 4.58. The molecule has 2 N–H and O–H groups in total. The van der Waals surface area contributed by atoms with E-state index in [0.29, 0.717) is 30.0 Å². The van der Waals surface area contributed by atoms with Crippen molar-refractivity contribution in [1.29, 1.82) is 0 Å². The Morgan fingerprint density at radius 1 is 1.10 bits per heavy atom. The third-order valence-electron chi connectivity index (χ3n) is 5.97. The molecule has 0 fully saturated rings. The molecular weight excluding hydrogens is 390 g/mol. The Morgan fingerprint density at radius 2 is 1.76 bits per heavy atom. The molecule has 0 bridgehead atoms. The van der Waals surface area contributed by atoms with E-state index >= 15 is 0 Å². The minimum absolute atomic E-state index is 0.326. The standard InChI is InChI=1S/C22H29NO5S/c1-4-9-28-22(27)18-14-7-5-6-8-17(14)29-20(18)23-19(24)15-10-12(2)13(3)11-16(15)21(25)26/h15-16H,4-11H2,1-3H3,(H,23,24)(H,25,26)/t15-,16+/m1/s1. The summed E-state index contributed by atoms with van der Waals surface area (Å²) in [5.74, 6) is -3.07. The van der Waals surface area contributed by atoms with Gasteiger partial charge in [0.05, 0.1) is 24.0 Å². The third-order valence-corrected chi connectivity index (χ3v) is 7.18. The van der Waals surface area contributed by atoms with Crippen LogP contribution in [0.3, 0.4) is 0 Å². The first kappa shape index (κ1) is 21.6.